The van der Waals surface area contributed by atoms with Crippen LogP contribution in [0, 0.1) is 5.92 Å². The Kier molecular flexibility index (Phi) is 8.27. The lowest BCUT2D eigenvalue weighted by Crippen LogP contribution is -2.42. The van der Waals surface area contributed by atoms with E-state index in [-0.39, 0.29) is 12.3 Å². The topological polar surface area (TPSA) is 96.8 Å². The van der Waals surface area contributed by atoms with Gasteiger partial charge in [-0.25, -0.2) is 9.97 Å². The number of nitrogens with one attached hydrogen (secondary N) is 1. The summed E-state index contributed by atoms with van der Waals surface area (Å²) in [6.45, 7) is 8.83. The van der Waals surface area contributed by atoms with Gasteiger partial charge in [-0.1, -0.05) is 26.8 Å². The van der Waals surface area contributed by atoms with Crippen molar-refractivity contribution >= 4 is 23.0 Å². The molecule has 32 heavy (non-hydrogen) atoms. The molecule has 1 aromatic heterocycles. The second-order valence-electron chi connectivity index (χ2n) is 8.75. The molecule has 0 unspecified atom stereocenters. The molecule has 1 aromatic carbocycles. The first kappa shape index (κ1) is 23.8. The quantitative estimate of drug-likeness (QED) is 0.557. The second-order valence-corrected chi connectivity index (χ2v) is 8.75. The van der Waals surface area contributed by atoms with Gasteiger partial charge in [-0.2, -0.15) is 0 Å². The number of aliphatic carboxylic acids is 1. The Bertz CT molecular complexity index is 882. The lowest BCUT2D eigenvalue weighted by Gasteiger charge is -2.38. The fourth-order valence-corrected chi connectivity index (χ4v) is 4.07. The van der Waals surface area contributed by atoms with Gasteiger partial charge < -0.3 is 24.8 Å². The van der Waals surface area contributed by atoms with Crippen molar-refractivity contribution in [2.24, 2.45) is 5.92 Å². The van der Waals surface area contributed by atoms with Crippen LogP contribution in [-0.2, 0) is 9.53 Å². The lowest BCUT2D eigenvalue weighted by molar-refractivity contribution is -0.137. The average Bonchev–Trinajstić information content (AvgIpc) is 2.78. The lowest BCUT2D eigenvalue weighted by atomic mass is 9.95. The molecule has 0 saturated carbocycles. The summed E-state index contributed by atoms with van der Waals surface area (Å²) in [5.74, 6) is -0.417. The molecule has 0 aliphatic carbocycles. The maximum atomic E-state index is 11.3. The van der Waals surface area contributed by atoms with E-state index in [1.807, 2.05) is 13.0 Å². The van der Waals surface area contributed by atoms with Crippen LogP contribution in [0.3, 0.4) is 0 Å². The third kappa shape index (κ3) is 6.32. The van der Waals surface area contributed by atoms with Gasteiger partial charge in [-0.05, 0) is 42.4 Å². The second kappa shape index (κ2) is 11.1. The van der Waals surface area contributed by atoms with Gasteiger partial charge >= 0.3 is 12.0 Å². The molecule has 0 amide bonds. The number of hydrogen-bond donors (Lipinski definition) is 2. The molecule has 2 aromatic rings. The van der Waals surface area contributed by atoms with Crippen LogP contribution >= 0.6 is 0 Å². The van der Waals surface area contributed by atoms with E-state index in [9.17, 15) is 9.90 Å². The third-order valence-corrected chi connectivity index (χ3v) is 5.66. The Morgan fingerprint density at radius 2 is 1.94 bits per heavy atom. The Labute approximate surface area is 190 Å². The van der Waals surface area contributed by atoms with E-state index in [2.05, 4.69) is 46.2 Å². The molecule has 3 rings (SSSR count). The summed E-state index contributed by atoms with van der Waals surface area (Å²) in [6.07, 6.45) is 5.42. The molecule has 0 spiro atoms. The highest BCUT2D eigenvalue weighted by atomic mass is 16.5. The van der Waals surface area contributed by atoms with Crippen LogP contribution in [0.2, 0.25) is 0 Å². The van der Waals surface area contributed by atoms with Gasteiger partial charge in [0.15, 0.2) is 0 Å². The van der Waals surface area contributed by atoms with Crippen LogP contribution in [0.25, 0.3) is 0 Å². The molecular formula is C24H34N4O4. The number of anilines is 3. The summed E-state index contributed by atoms with van der Waals surface area (Å²) in [7, 11) is 1.53. The van der Waals surface area contributed by atoms with Crippen LogP contribution in [0.4, 0.5) is 17.1 Å². The van der Waals surface area contributed by atoms with Crippen LogP contribution in [0.15, 0.2) is 30.6 Å². The molecule has 1 aliphatic heterocycles. The van der Waals surface area contributed by atoms with Crippen molar-refractivity contribution in [1.82, 2.24) is 9.97 Å². The van der Waals surface area contributed by atoms with Crippen LogP contribution in [0.5, 0.6) is 6.01 Å². The Morgan fingerprint density at radius 1 is 1.25 bits per heavy atom. The van der Waals surface area contributed by atoms with Gasteiger partial charge in [0.2, 0.25) is 0 Å². The number of rotatable bonds is 10. The van der Waals surface area contributed by atoms with Crippen molar-refractivity contribution in [2.75, 3.05) is 37.1 Å². The van der Waals surface area contributed by atoms with Crippen molar-refractivity contribution in [3.05, 3.63) is 36.2 Å². The molecule has 0 radical (unpaired) electrons. The molecule has 174 valence electrons. The highest BCUT2D eigenvalue weighted by Gasteiger charge is 2.25. The monoisotopic (exact) mass is 442 g/mol. The summed E-state index contributed by atoms with van der Waals surface area (Å²) >= 11 is 0. The number of carbonyl (C=O) groups is 1. The zero-order chi connectivity index (χ0) is 23.1. The average molecular weight is 443 g/mol. The van der Waals surface area contributed by atoms with E-state index >= 15 is 0 Å². The molecule has 1 saturated heterocycles. The minimum absolute atomic E-state index is 0.0834. The molecule has 2 N–H and O–H groups in total. The number of aromatic nitrogens is 2. The number of ether oxygens (including phenoxy) is 2. The number of nitrogens with zero attached hydrogens (tertiary/aromatic N) is 3. The summed E-state index contributed by atoms with van der Waals surface area (Å²) in [5, 5.41) is 12.7. The van der Waals surface area contributed by atoms with Gasteiger partial charge in [0.25, 0.3) is 0 Å². The van der Waals surface area contributed by atoms with E-state index in [0.717, 1.165) is 55.2 Å². The Balaban J connectivity index is 1.99. The number of carboxylic acids is 1. The molecule has 0 bridgehead atoms. The van der Waals surface area contributed by atoms with Crippen molar-refractivity contribution in [2.45, 2.75) is 52.0 Å². The largest absolute Gasteiger partial charge is 0.481 e. The zero-order valence-corrected chi connectivity index (χ0v) is 19.4. The number of benzene rings is 1. The van der Waals surface area contributed by atoms with Crippen LogP contribution < -0.4 is 15.0 Å². The van der Waals surface area contributed by atoms with Crippen molar-refractivity contribution in [3.63, 3.8) is 0 Å². The summed E-state index contributed by atoms with van der Waals surface area (Å²) in [5.41, 5.74) is 3.73. The smallest absolute Gasteiger partial charge is 0.316 e. The molecule has 2 heterocycles. The minimum Gasteiger partial charge on any atom is -0.481 e. The van der Waals surface area contributed by atoms with Crippen molar-refractivity contribution in [3.8, 4) is 6.01 Å². The molecule has 1 fully saturated rings. The summed E-state index contributed by atoms with van der Waals surface area (Å²) in [4.78, 5) is 22.1. The predicted molar refractivity (Wildman–Crippen MR) is 125 cm³/mol. The maximum absolute atomic E-state index is 11.3. The van der Waals surface area contributed by atoms with Crippen LogP contribution in [-0.4, -0.2) is 54.0 Å². The standard InChI is InChI=1S/C24H34N4O4/c1-16(2)15-28(20-7-9-32-10-8-20)22-6-5-18(17(3)11-23(29)30)12-21(22)27-19-13-25-24(31-4)26-14-19/h5-6,12-14,16-17,20,27H,7-11,15H2,1-4H3,(H,29,30)/t17-/m1/s1. The van der Waals surface area contributed by atoms with E-state index in [4.69, 9.17) is 9.47 Å². The predicted octanol–water partition coefficient (Wildman–Crippen LogP) is 4.45. The third-order valence-electron chi connectivity index (χ3n) is 5.66. The summed E-state index contributed by atoms with van der Waals surface area (Å²) < 4.78 is 10.7. The van der Waals surface area contributed by atoms with Crippen molar-refractivity contribution in [1.29, 1.82) is 0 Å². The highest BCUT2D eigenvalue weighted by molar-refractivity contribution is 5.77. The van der Waals surface area contributed by atoms with Gasteiger partial charge in [-0.3, -0.25) is 4.79 Å². The molecule has 1 aliphatic rings. The van der Waals surface area contributed by atoms with Crippen LogP contribution in [0.1, 0.15) is 51.5 Å². The van der Waals surface area contributed by atoms with Gasteiger partial charge in [0, 0.05) is 25.8 Å². The Morgan fingerprint density at radius 3 is 2.53 bits per heavy atom. The highest BCUT2D eigenvalue weighted by Crippen LogP contribution is 2.36. The molecule has 8 nitrogen and oxygen atoms in total. The van der Waals surface area contributed by atoms with E-state index in [1.165, 1.54) is 7.11 Å². The van der Waals surface area contributed by atoms with Crippen molar-refractivity contribution < 1.29 is 19.4 Å². The number of methoxy groups -OCH3 is 1. The maximum Gasteiger partial charge on any atom is 0.316 e. The Hall–Kier alpha value is -2.87. The number of carboxylic acid groups (broad SMARTS) is 1. The fourth-order valence-electron chi connectivity index (χ4n) is 4.07. The van der Waals surface area contributed by atoms with Gasteiger partial charge in [-0.15, -0.1) is 0 Å². The molecule has 1 atom stereocenters. The minimum atomic E-state index is -0.803. The van der Waals surface area contributed by atoms with Gasteiger partial charge in [0.1, 0.15) is 0 Å². The van der Waals surface area contributed by atoms with E-state index in [0.29, 0.717) is 18.0 Å². The van der Waals surface area contributed by atoms with E-state index in [1.54, 1.807) is 12.4 Å². The molecule has 8 heteroatoms. The first-order chi connectivity index (χ1) is 15.4. The number of hydrogen-bond acceptors (Lipinski definition) is 7. The van der Waals surface area contributed by atoms with Gasteiger partial charge in [0.05, 0.1) is 43.0 Å². The molecular weight excluding hydrogens is 408 g/mol. The zero-order valence-electron chi connectivity index (χ0n) is 19.4. The SMILES string of the molecule is COc1ncc(Nc2cc([C@H](C)CC(=O)O)ccc2N(CC(C)C)C2CCOCC2)cn1. The fraction of sp³-hybridized carbons (Fsp3) is 0.542. The summed E-state index contributed by atoms with van der Waals surface area (Å²) in [6, 6.07) is 6.91. The van der Waals surface area contributed by atoms with E-state index < -0.39 is 5.97 Å². The first-order valence-electron chi connectivity index (χ1n) is 11.2. The normalized spacial score (nSPS) is 15.4. The first-order valence-corrected chi connectivity index (χ1v) is 11.2.